The first-order valence-corrected chi connectivity index (χ1v) is 12.6. The Morgan fingerprint density at radius 1 is 0.733 bits per heavy atom. The van der Waals surface area contributed by atoms with E-state index in [-0.39, 0.29) is 18.3 Å². The Bertz CT molecular complexity index is 464. The molecule has 4 unspecified atom stereocenters. The average molecular weight is 429 g/mol. The van der Waals surface area contributed by atoms with Crippen LogP contribution in [0.4, 0.5) is 0 Å². The number of aliphatic hydroxyl groups excluding tert-OH is 1. The molecule has 1 N–H and O–H groups in total. The lowest BCUT2D eigenvalue weighted by Crippen LogP contribution is -2.45. The van der Waals surface area contributed by atoms with Crippen molar-refractivity contribution in [2.45, 2.75) is 154 Å². The minimum Gasteiger partial charge on any atom is -0.387 e. The van der Waals surface area contributed by atoms with Crippen molar-refractivity contribution in [3.05, 3.63) is 0 Å². The maximum absolute atomic E-state index is 10.9. The number of hydrogen-bond donors (Lipinski definition) is 1. The minimum absolute atomic E-state index is 0.0922. The predicted octanol–water partition coefficient (Wildman–Crippen LogP) is 6.11. The SMILES string of the molecule is CCCCCCCCCCCCCCC1OC(C)(C)OC1C(O)C1COC(C)(C)O1. The van der Waals surface area contributed by atoms with Crippen LogP contribution in [-0.4, -0.2) is 47.7 Å². The Labute approximate surface area is 185 Å². The van der Waals surface area contributed by atoms with Gasteiger partial charge in [0.1, 0.15) is 18.3 Å². The summed E-state index contributed by atoms with van der Waals surface area (Å²) >= 11 is 0. The van der Waals surface area contributed by atoms with E-state index < -0.39 is 17.7 Å². The van der Waals surface area contributed by atoms with Gasteiger partial charge in [-0.2, -0.15) is 0 Å². The smallest absolute Gasteiger partial charge is 0.163 e. The fraction of sp³-hybridized carbons (Fsp3) is 1.00. The molecule has 4 atom stereocenters. The summed E-state index contributed by atoms with van der Waals surface area (Å²) in [5.74, 6) is -1.31. The Kier molecular flexibility index (Phi) is 11.1. The van der Waals surface area contributed by atoms with Gasteiger partial charge in [-0.1, -0.05) is 84.0 Å². The van der Waals surface area contributed by atoms with Crippen LogP contribution in [0.15, 0.2) is 0 Å². The Balaban J connectivity index is 1.59. The fourth-order valence-electron chi connectivity index (χ4n) is 4.66. The lowest BCUT2D eigenvalue weighted by molar-refractivity contribution is -0.178. The second-order valence-corrected chi connectivity index (χ2v) is 10.2. The zero-order valence-electron chi connectivity index (χ0n) is 20.3. The van der Waals surface area contributed by atoms with Crippen LogP contribution in [0.1, 0.15) is 118 Å². The highest BCUT2D eigenvalue weighted by Crippen LogP contribution is 2.36. The van der Waals surface area contributed by atoms with Gasteiger partial charge in [0.15, 0.2) is 11.6 Å². The van der Waals surface area contributed by atoms with E-state index in [0.717, 1.165) is 12.8 Å². The molecule has 0 aromatic rings. The molecule has 0 aromatic heterocycles. The van der Waals surface area contributed by atoms with Crippen LogP contribution in [0.3, 0.4) is 0 Å². The summed E-state index contributed by atoms with van der Waals surface area (Å²) in [4.78, 5) is 0. The quantitative estimate of drug-likeness (QED) is 0.319. The van der Waals surface area contributed by atoms with Crippen molar-refractivity contribution < 1.29 is 24.1 Å². The van der Waals surface area contributed by atoms with Crippen molar-refractivity contribution in [3.63, 3.8) is 0 Å². The molecule has 0 spiro atoms. The molecule has 30 heavy (non-hydrogen) atoms. The molecule has 0 aliphatic carbocycles. The molecule has 5 nitrogen and oxygen atoms in total. The summed E-state index contributed by atoms with van der Waals surface area (Å²) in [7, 11) is 0. The molecule has 0 saturated carbocycles. The lowest BCUT2D eigenvalue weighted by Gasteiger charge is -2.27. The van der Waals surface area contributed by atoms with Crippen molar-refractivity contribution in [2.75, 3.05) is 6.61 Å². The molecular weight excluding hydrogens is 380 g/mol. The van der Waals surface area contributed by atoms with E-state index >= 15 is 0 Å². The summed E-state index contributed by atoms with van der Waals surface area (Å²) < 4.78 is 23.6. The van der Waals surface area contributed by atoms with Crippen molar-refractivity contribution in [1.29, 1.82) is 0 Å². The number of hydrogen-bond acceptors (Lipinski definition) is 5. The highest BCUT2D eigenvalue weighted by Gasteiger charge is 2.49. The fourth-order valence-corrected chi connectivity index (χ4v) is 4.66. The van der Waals surface area contributed by atoms with Crippen LogP contribution in [0.2, 0.25) is 0 Å². The van der Waals surface area contributed by atoms with Crippen LogP contribution >= 0.6 is 0 Å². The predicted molar refractivity (Wildman–Crippen MR) is 120 cm³/mol. The van der Waals surface area contributed by atoms with Gasteiger partial charge in [-0.3, -0.25) is 0 Å². The lowest BCUT2D eigenvalue weighted by atomic mass is 9.98. The maximum Gasteiger partial charge on any atom is 0.163 e. The molecule has 2 heterocycles. The first-order valence-electron chi connectivity index (χ1n) is 12.6. The highest BCUT2D eigenvalue weighted by molar-refractivity contribution is 4.92. The molecule has 5 heteroatoms. The summed E-state index contributed by atoms with van der Waals surface area (Å²) in [5, 5.41) is 10.9. The van der Waals surface area contributed by atoms with Gasteiger partial charge in [-0.05, 0) is 34.1 Å². The van der Waals surface area contributed by atoms with E-state index in [1.165, 1.54) is 70.6 Å². The Morgan fingerprint density at radius 2 is 1.27 bits per heavy atom. The van der Waals surface area contributed by atoms with Crippen molar-refractivity contribution in [1.82, 2.24) is 0 Å². The van der Waals surface area contributed by atoms with Gasteiger partial charge in [0.25, 0.3) is 0 Å². The number of aliphatic hydroxyl groups is 1. The van der Waals surface area contributed by atoms with Gasteiger partial charge < -0.3 is 24.1 Å². The zero-order chi connectivity index (χ0) is 22.0. The molecule has 0 amide bonds. The summed E-state index contributed by atoms with van der Waals surface area (Å²) in [6, 6.07) is 0. The monoisotopic (exact) mass is 428 g/mol. The third-order valence-corrected chi connectivity index (χ3v) is 6.31. The third-order valence-electron chi connectivity index (χ3n) is 6.31. The number of ether oxygens (including phenoxy) is 4. The molecule has 0 bridgehead atoms. The van der Waals surface area contributed by atoms with Crippen LogP contribution in [0, 0.1) is 0 Å². The third kappa shape index (κ3) is 9.12. The second-order valence-electron chi connectivity index (χ2n) is 10.2. The minimum atomic E-state index is -0.740. The van der Waals surface area contributed by atoms with Gasteiger partial charge in [0, 0.05) is 0 Å². The molecule has 2 aliphatic heterocycles. The second kappa shape index (κ2) is 12.7. The van der Waals surface area contributed by atoms with Gasteiger partial charge in [0.2, 0.25) is 0 Å². The standard InChI is InChI=1S/C25H48O5/c1-6-7-8-9-10-11-12-13-14-15-16-17-18-20-23(30-25(4,5)28-20)22(26)21-19-27-24(2,3)29-21/h20-23,26H,6-19H2,1-5H3. The van der Waals surface area contributed by atoms with E-state index in [0.29, 0.717) is 6.61 Å². The first kappa shape index (κ1) is 26.1. The molecule has 178 valence electrons. The topological polar surface area (TPSA) is 57.2 Å². The largest absolute Gasteiger partial charge is 0.387 e. The van der Waals surface area contributed by atoms with E-state index in [1.807, 2.05) is 27.7 Å². The molecule has 2 fully saturated rings. The molecule has 0 radical (unpaired) electrons. The van der Waals surface area contributed by atoms with Gasteiger partial charge >= 0.3 is 0 Å². The molecule has 0 aromatic carbocycles. The summed E-state index contributed by atoms with van der Waals surface area (Å²) in [6.45, 7) is 10.3. The van der Waals surface area contributed by atoms with Crippen molar-refractivity contribution in [3.8, 4) is 0 Å². The Morgan fingerprint density at radius 3 is 1.77 bits per heavy atom. The van der Waals surface area contributed by atoms with Crippen molar-refractivity contribution >= 4 is 0 Å². The normalized spacial score (nSPS) is 28.8. The molecular formula is C25H48O5. The van der Waals surface area contributed by atoms with Crippen LogP contribution in [0.25, 0.3) is 0 Å². The summed E-state index contributed by atoms with van der Waals surface area (Å²) in [5.41, 5.74) is 0. The molecule has 2 rings (SSSR count). The van der Waals surface area contributed by atoms with Gasteiger partial charge in [-0.25, -0.2) is 0 Å². The van der Waals surface area contributed by atoms with E-state index in [2.05, 4.69) is 6.92 Å². The average Bonchev–Trinajstić information content (AvgIpc) is 3.20. The van der Waals surface area contributed by atoms with Crippen LogP contribution in [-0.2, 0) is 18.9 Å². The maximum atomic E-state index is 10.9. The van der Waals surface area contributed by atoms with E-state index in [4.69, 9.17) is 18.9 Å². The zero-order valence-corrected chi connectivity index (χ0v) is 20.3. The molecule has 2 saturated heterocycles. The van der Waals surface area contributed by atoms with Crippen LogP contribution < -0.4 is 0 Å². The van der Waals surface area contributed by atoms with E-state index in [9.17, 15) is 5.11 Å². The van der Waals surface area contributed by atoms with Crippen LogP contribution in [0.5, 0.6) is 0 Å². The van der Waals surface area contributed by atoms with Gasteiger partial charge in [-0.15, -0.1) is 0 Å². The highest BCUT2D eigenvalue weighted by atomic mass is 16.8. The van der Waals surface area contributed by atoms with Gasteiger partial charge in [0.05, 0.1) is 12.7 Å². The number of unbranched alkanes of at least 4 members (excludes halogenated alkanes) is 11. The van der Waals surface area contributed by atoms with Crippen molar-refractivity contribution in [2.24, 2.45) is 0 Å². The Hall–Kier alpha value is -0.200. The first-order chi connectivity index (χ1) is 14.2. The number of rotatable bonds is 15. The summed E-state index contributed by atoms with van der Waals surface area (Å²) in [6.07, 6.45) is 15.4. The van der Waals surface area contributed by atoms with E-state index in [1.54, 1.807) is 0 Å². The molecule has 2 aliphatic rings.